The number of alkyl halides is 2. The largest absolute Gasteiger partial charge is 0.461 e. The normalized spacial score (nSPS) is 15.9. The maximum absolute atomic E-state index is 12.1. The zero-order valence-electron chi connectivity index (χ0n) is 14.5. The van der Waals surface area contributed by atoms with E-state index in [1.54, 1.807) is 18.2 Å². The molecular weight excluding hydrogens is 394 g/mol. The number of nitrogens with one attached hydrogen (secondary N) is 1. The topological polar surface area (TPSA) is 94.1 Å². The van der Waals surface area contributed by atoms with Crippen LogP contribution < -0.4 is 9.46 Å². The zero-order valence-corrected chi connectivity index (χ0v) is 15.3. The summed E-state index contributed by atoms with van der Waals surface area (Å²) < 4.78 is 59.8. The van der Waals surface area contributed by atoms with E-state index in [1.807, 2.05) is 0 Å². The quantitative estimate of drug-likeness (QED) is 0.708. The van der Waals surface area contributed by atoms with Crippen LogP contribution in [0, 0.1) is 0 Å². The van der Waals surface area contributed by atoms with E-state index < -0.39 is 22.6 Å². The molecule has 10 heteroatoms. The van der Waals surface area contributed by atoms with Gasteiger partial charge in [-0.25, -0.2) is 8.42 Å². The van der Waals surface area contributed by atoms with Crippen molar-refractivity contribution >= 4 is 21.8 Å². The van der Waals surface area contributed by atoms with Crippen molar-refractivity contribution in [1.29, 1.82) is 0 Å². The van der Waals surface area contributed by atoms with Gasteiger partial charge in [0.05, 0.1) is 17.9 Å². The monoisotopic (exact) mass is 410 g/mol. The molecule has 0 aliphatic carbocycles. The summed E-state index contributed by atoms with van der Waals surface area (Å²) in [6, 6.07) is 12.1. The summed E-state index contributed by atoms with van der Waals surface area (Å²) in [5.41, 5.74) is 1.07. The Morgan fingerprint density at radius 3 is 2.54 bits per heavy atom. The number of carbonyl (C=O) groups excluding carboxylic acids is 1. The van der Waals surface area contributed by atoms with Crippen molar-refractivity contribution in [1.82, 2.24) is 4.72 Å². The van der Waals surface area contributed by atoms with E-state index in [-0.39, 0.29) is 36.1 Å². The first-order chi connectivity index (χ1) is 13.3. The molecule has 7 nitrogen and oxygen atoms in total. The van der Waals surface area contributed by atoms with Crippen LogP contribution in [-0.2, 0) is 26.2 Å². The molecule has 2 aromatic carbocycles. The number of amidine groups is 1. The predicted octanol–water partition coefficient (Wildman–Crippen LogP) is 2.46. The number of hydrogen-bond acceptors (Lipinski definition) is 6. The molecule has 1 N–H and O–H groups in total. The van der Waals surface area contributed by atoms with E-state index in [4.69, 9.17) is 4.74 Å². The smallest absolute Gasteiger partial charge is 0.387 e. The molecule has 0 atom stereocenters. The fraction of sp³-hybridized carbons (Fsp3) is 0.222. The molecule has 1 aliphatic rings. The van der Waals surface area contributed by atoms with Crippen molar-refractivity contribution in [3.8, 4) is 5.75 Å². The van der Waals surface area contributed by atoms with Crippen LogP contribution in [0.2, 0.25) is 0 Å². The third-order valence-electron chi connectivity index (χ3n) is 3.80. The van der Waals surface area contributed by atoms with Crippen LogP contribution in [0.25, 0.3) is 0 Å². The molecule has 148 valence electrons. The number of esters is 1. The molecule has 0 radical (unpaired) electrons. The summed E-state index contributed by atoms with van der Waals surface area (Å²) in [7, 11) is -3.62. The van der Waals surface area contributed by atoms with Gasteiger partial charge in [0.2, 0.25) is 0 Å². The second-order valence-electron chi connectivity index (χ2n) is 5.77. The van der Waals surface area contributed by atoms with Crippen molar-refractivity contribution in [3.63, 3.8) is 0 Å². The second-order valence-corrected chi connectivity index (χ2v) is 7.42. The molecule has 3 rings (SSSR count). The lowest BCUT2D eigenvalue weighted by Gasteiger charge is -2.07. The highest BCUT2D eigenvalue weighted by Crippen LogP contribution is 2.22. The number of carbonyl (C=O) groups is 1. The van der Waals surface area contributed by atoms with Gasteiger partial charge in [-0.2, -0.15) is 8.78 Å². The Hall–Kier alpha value is -3.01. The maximum atomic E-state index is 12.1. The zero-order chi connectivity index (χ0) is 20.1. The van der Waals surface area contributed by atoms with Crippen molar-refractivity contribution in [2.24, 2.45) is 4.99 Å². The van der Waals surface area contributed by atoms with E-state index in [1.165, 1.54) is 30.3 Å². The standard InChI is InChI=1S/C18H16F2N2O5S/c19-18(20)27-13-7-5-12(6-8-13)11-26-16(23)9-10-21-17-14-3-1-2-4-15(14)28(24,25)22-17/h1-8,18H,9-11H2,(H,21,22). The number of nitrogens with zero attached hydrogens (tertiary/aromatic N) is 1. The van der Waals surface area contributed by atoms with Crippen molar-refractivity contribution in [2.75, 3.05) is 6.54 Å². The minimum atomic E-state index is -3.62. The number of fused-ring (bicyclic) bond motifs is 1. The van der Waals surface area contributed by atoms with Crippen LogP contribution in [0.5, 0.6) is 5.75 Å². The average Bonchev–Trinajstić information content (AvgIpc) is 2.92. The summed E-state index contributed by atoms with van der Waals surface area (Å²) >= 11 is 0. The summed E-state index contributed by atoms with van der Waals surface area (Å²) in [5, 5.41) is 0. The summed E-state index contributed by atoms with van der Waals surface area (Å²) in [4.78, 5) is 16.1. The van der Waals surface area contributed by atoms with Gasteiger partial charge in [0.25, 0.3) is 10.0 Å². The summed E-state index contributed by atoms with van der Waals surface area (Å²) in [5.74, 6) is -0.315. The van der Waals surface area contributed by atoms with E-state index in [0.29, 0.717) is 11.1 Å². The molecule has 1 aliphatic heterocycles. The number of aliphatic imine (C=N–C) groups is 1. The molecule has 0 saturated heterocycles. The second kappa shape index (κ2) is 8.34. The van der Waals surface area contributed by atoms with Crippen molar-refractivity contribution in [2.45, 2.75) is 24.5 Å². The highest BCUT2D eigenvalue weighted by molar-refractivity contribution is 7.90. The van der Waals surface area contributed by atoms with Crippen LogP contribution >= 0.6 is 0 Å². The molecule has 0 unspecified atom stereocenters. The highest BCUT2D eigenvalue weighted by atomic mass is 32.2. The van der Waals surface area contributed by atoms with Crippen LogP contribution in [0.4, 0.5) is 8.78 Å². The molecule has 1 heterocycles. The maximum Gasteiger partial charge on any atom is 0.387 e. The lowest BCUT2D eigenvalue weighted by atomic mass is 10.2. The fourth-order valence-corrected chi connectivity index (χ4v) is 3.76. The Kier molecular flexibility index (Phi) is 5.88. The molecular formula is C18H16F2N2O5S. The SMILES string of the molecule is O=C(CCN=C1NS(=O)(=O)c2ccccc21)OCc1ccc(OC(F)F)cc1. The van der Waals surface area contributed by atoms with Gasteiger partial charge in [0, 0.05) is 5.56 Å². The number of ether oxygens (including phenoxy) is 2. The van der Waals surface area contributed by atoms with Gasteiger partial charge in [-0.3, -0.25) is 14.5 Å². The number of halogens is 2. The lowest BCUT2D eigenvalue weighted by Crippen LogP contribution is -2.22. The molecule has 2 aromatic rings. The van der Waals surface area contributed by atoms with Gasteiger partial charge in [0.1, 0.15) is 18.2 Å². The van der Waals surface area contributed by atoms with Gasteiger partial charge >= 0.3 is 12.6 Å². The van der Waals surface area contributed by atoms with Gasteiger partial charge in [-0.05, 0) is 29.8 Å². The van der Waals surface area contributed by atoms with E-state index >= 15 is 0 Å². The third kappa shape index (κ3) is 4.83. The Bertz CT molecular complexity index is 991. The number of rotatable bonds is 7. The molecule has 0 aromatic heterocycles. The highest BCUT2D eigenvalue weighted by Gasteiger charge is 2.29. The fourth-order valence-electron chi connectivity index (χ4n) is 2.51. The predicted molar refractivity (Wildman–Crippen MR) is 95.7 cm³/mol. The van der Waals surface area contributed by atoms with Gasteiger partial charge in [-0.15, -0.1) is 0 Å². The molecule has 0 fully saturated rings. The average molecular weight is 410 g/mol. The Morgan fingerprint density at radius 2 is 1.82 bits per heavy atom. The minimum absolute atomic E-state index is 0.0141. The first-order valence-corrected chi connectivity index (χ1v) is 9.69. The molecule has 0 bridgehead atoms. The van der Waals surface area contributed by atoms with Gasteiger partial charge in [0.15, 0.2) is 0 Å². The van der Waals surface area contributed by atoms with Gasteiger partial charge < -0.3 is 9.47 Å². The van der Waals surface area contributed by atoms with E-state index in [9.17, 15) is 22.0 Å². The van der Waals surface area contributed by atoms with Crippen molar-refractivity contribution < 1.29 is 31.5 Å². The number of hydrogen-bond donors (Lipinski definition) is 1. The molecule has 0 saturated carbocycles. The Morgan fingerprint density at radius 1 is 1.11 bits per heavy atom. The van der Waals surface area contributed by atoms with Crippen LogP contribution in [0.3, 0.4) is 0 Å². The first-order valence-electron chi connectivity index (χ1n) is 8.21. The minimum Gasteiger partial charge on any atom is -0.461 e. The van der Waals surface area contributed by atoms with Crippen molar-refractivity contribution in [3.05, 3.63) is 59.7 Å². The van der Waals surface area contributed by atoms with Crippen LogP contribution in [-0.4, -0.2) is 33.4 Å². The number of benzene rings is 2. The summed E-state index contributed by atoms with van der Waals surface area (Å²) in [6.07, 6.45) is -0.0417. The third-order valence-corrected chi connectivity index (χ3v) is 5.19. The van der Waals surface area contributed by atoms with E-state index in [0.717, 1.165) is 0 Å². The Labute approximate surface area is 160 Å². The van der Waals surface area contributed by atoms with E-state index in [2.05, 4.69) is 14.5 Å². The molecule has 28 heavy (non-hydrogen) atoms. The molecule has 0 amide bonds. The van der Waals surface area contributed by atoms with Crippen LogP contribution in [0.1, 0.15) is 17.5 Å². The number of sulfonamides is 1. The van der Waals surface area contributed by atoms with Gasteiger partial charge in [-0.1, -0.05) is 24.3 Å². The lowest BCUT2D eigenvalue weighted by molar-refractivity contribution is -0.144. The summed E-state index contributed by atoms with van der Waals surface area (Å²) in [6.45, 7) is -2.88. The van der Waals surface area contributed by atoms with Crippen LogP contribution in [0.15, 0.2) is 58.4 Å². The Balaban J connectivity index is 1.50. The molecule has 0 spiro atoms. The first kappa shape index (κ1) is 19.7.